The second-order valence-corrected chi connectivity index (χ2v) is 8.58. The maximum atomic E-state index is 12.0. The Balaban J connectivity index is 1.57. The van der Waals surface area contributed by atoms with Gasteiger partial charge in [0.15, 0.2) is 5.82 Å². The molecule has 146 valence electrons. The molecular formula is C19H22ClN7O. The molecule has 0 bridgehead atoms. The third-order valence-corrected chi connectivity index (χ3v) is 6.28. The van der Waals surface area contributed by atoms with Crippen LogP contribution in [0.4, 0.5) is 17.5 Å². The van der Waals surface area contributed by atoms with E-state index < -0.39 is 0 Å². The second kappa shape index (κ2) is 6.38. The molecule has 4 heterocycles. The minimum absolute atomic E-state index is 0.0925. The molecule has 2 aliphatic heterocycles. The number of rotatable bonds is 3. The van der Waals surface area contributed by atoms with Crippen LogP contribution in [0.15, 0.2) is 18.6 Å². The van der Waals surface area contributed by atoms with E-state index in [1.165, 1.54) is 0 Å². The lowest BCUT2D eigenvalue weighted by molar-refractivity contribution is -0.124. The first-order chi connectivity index (χ1) is 13.2. The number of carbonyl (C=O) groups is 1. The zero-order valence-electron chi connectivity index (χ0n) is 16.1. The minimum atomic E-state index is -0.244. The van der Waals surface area contributed by atoms with E-state index in [1.807, 2.05) is 13.2 Å². The van der Waals surface area contributed by atoms with Gasteiger partial charge in [-0.25, -0.2) is 4.98 Å². The van der Waals surface area contributed by atoms with Crippen molar-refractivity contribution in [2.75, 3.05) is 36.4 Å². The first-order valence-electron chi connectivity index (χ1n) is 9.02. The Morgan fingerprint density at radius 2 is 1.93 bits per heavy atom. The highest BCUT2D eigenvalue weighted by atomic mass is 35.5. The summed E-state index contributed by atoms with van der Waals surface area (Å²) in [4.78, 5) is 24.8. The summed E-state index contributed by atoms with van der Waals surface area (Å²) in [6, 6.07) is 0. The summed E-state index contributed by atoms with van der Waals surface area (Å²) in [6.45, 7) is 7.13. The highest BCUT2D eigenvalue weighted by Gasteiger charge is 2.58. The number of likely N-dealkylation sites (tertiary alicyclic amines) is 1. The van der Waals surface area contributed by atoms with E-state index in [4.69, 9.17) is 18.0 Å². The summed E-state index contributed by atoms with van der Waals surface area (Å²) in [5.74, 6) is 3.14. The highest BCUT2D eigenvalue weighted by Crippen LogP contribution is 2.52. The van der Waals surface area contributed by atoms with E-state index in [-0.39, 0.29) is 16.7 Å². The number of terminal acetylenes is 1. The largest absolute Gasteiger partial charge is 0.354 e. The molecule has 8 nitrogen and oxygen atoms in total. The molecule has 2 aromatic heterocycles. The third-order valence-electron chi connectivity index (χ3n) is 6.01. The van der Waals surface area contributed by atoms with Gasteiger partial charge in [-0.3, -0.25) is 9.48 Å². The molecule has 1 N–H and O–H groups in total. The molecule has 2 fully saturated rings. The van der Waals surface area contributed by atoms with Crippen molar-refractivity contribution >= 4 is 35.0 Å². The fraction of sp³-hybridized carbons (Fsp3) is 0.474. The number of aromatic nitrogens is 4. The minimum Gasteiger partial charge on any atom is -0.354 e. The van der Waals surface area contributed by atoms with Gasteiger partial charge in [-0.2, -0.15) is 10.1 Å². The number of aryl methyl sites for hydroxylation is 1. The van der Waals surface area contributed by atoms with Gasteiger partial charge in [-0.05, 0) is 5.92 Å². The Labute approximate surface area is 168 Å². The van der Waals surface area contributed by atoms with E-state index in [2.05, 4.69) is 45.1 Å². The van der Waals surface area contributed by atoms with Crippen LogP contribution < -0.4 is 10.2 Å². The number of hydrogen-bond donors (Lipinski definition) is 1. The molecule has 2 atom stereocenters. The van der Waals surface area contributed by atoms with Crippen molar-refractivity contribution in [1.82, 2.24) is 24.6 Å². The molecule has 1 amide bonds. The number of nitrogens with zero attached hydrogens (tertiary/aromatic N) is 6. The van der Waals surface area contributed by atoms with Crippen molar-refractivity contribution in [2.45, 2.75) is 13.8 Å². The molecule has 2 aliphatic rings. The average Bonchev–Trinajstić information content (AvgIpc) is 3.23. The number of hydrogen-bond acceptors (Lipinski definition) is 6. The van der Waals surface area contributed by atoms with E-state index >= 15 is 0 Å². The smallest absolute Gasteiger partial charge is 0.298 e. The van der Waals surface area contributed by atoms with E-state index in [0.29, 0.717) is 29.9 Å². The summed E-state index contributed by atoms with van der Waals surface area (Å²) in [7, 11) is 1.85. The van der Waals surface area contributed by atoms with Gasteiger partial charge < -0.3 is 15.1 Å². The van der Waals surface area contributed by atoms with Crippen LogP contribution in [-0.4, -0.2) is 56.7 Å². The molecule has 0 radical (unpaired) electrons. The molecule has 28 heavy (non-hydrogen) atoms. The van der Waals surface area contributed by atoms with Gasteiger partial charge in [0.05, 0.1) is 18.1 Å². The SMILES string of the molecule is C#CC(=O)N1C[C@@]2(C)CN(c3nc(Nc4cnn(C)c4)ncc3Cl)C[C@@]2(C)C1. The summed E-state index contributed by atoms with van der Waals surface area (Å²) in [5.41, 5.74) is 0.617. The quantitative estimate of drug-likeness (QED) is 0.794. The predicted octanol–water partition coefficient (Wildman–Crippen LogP) is 1.92. The van der Waals surface area contributed by atoms with Crippen LogP contribution in [0.3, 0.4) is 0 Å². The summed E-state index contributed by atoms with van der Waals surface area (Å²) in [6.07, 6.45) is 10.5. The van der Waals surface area contributed by atoms with Crippen molar-refractivity contribution in [3.05, 3.63) is 23.6 Å². The van der Waals surface area contributed by atoms with Crippen LogP contribution in [0.1, 0.15) is 13.8 Å². The Morgan fingerprint density at radius 3 is 2.50 bits per heavy atom. The first-order valence-corrected chi connectivity index (χ1v) is 9.39. The topological polar surface area (TPSA) is 79.2 Å². The summed E-state index contributed by atoms with van der Waals surface area (Å²) in [5, 5.41) is 7.78. The summed E-state index contributed by atoms with van der Waals surface area (Å²) < 4.78 is 1.70. The number of nitrogens with one attached hydrogen (secondary N) is 1. The molecule has 9 heteroatoms. The average molecular weight is 400 g/mol. The number of halogens is 1. The van der Waals surface area contributed by atoms with Crippen LogP contribution in [0.2, 0.25) is 5.02 Å². The Morgan fingerprint density at radius 1 is 1.25 bits per heavy atom. The molecule has 2 saturated heterocycles. The Hall–Kier alpha value is -2.79. The first kappa shape index (κ1) is 18.6. The molecule has 0 saturated carbocycles. The maximum absolute atomic E-state index is 12.0. The summed E-state index contributed by atoms with van der Waals surface area (Å²) >= 11 is 6.43. The zero-order valence-corrected chi connectivity index (χ0v) is 16.9. The van der Waals surface area contributed by atoms with Crippen molar-refractivity contribution in [1.29, 1.82) is 0 Å². The van der Waals surface area contributed by atoms with Crippen LogP contribution in [-0.2, 0) is 11.8 Å². The van der Waals surface area contributed by atoms with Crippen molar-refractivity contribution in [2.24, 2.45) is 17.9 Å². The van der Waals surface area contributed by atoms with Crippen molar-refractivity contribution in [3.8, 4) is 12.3 Å². The zero-order chi connectivity index (χ0) is 20.1. The molecule has 0 spiro atoms. The van der Waals surface area contributed by atoms with Crippen LogP contribution in [0.25, 0.3) is 0 Å². The fourth-order valence-electron chi connectivity index (χ4n) is 4.30. The van der Waals surface area contributed by atoms with E-state index in [9.17, 15) is 4.79 Å². The standard InChI is InChI=1S/C19H22ClN7O/c1-5-15(28)26-9-18(2)11-27(12-19(18,3)10-26)16-14(20)7-21-17(24-16)23-13-6-22-25(4)8-13/h1,6-8H,9-12H2,2-4H3,(H,21,23,24)/t18-,19+. The lowest BCUT2D eigenvalue weighted by Gasteiger charge is -2.29. The van der Waals surface area contributed by atoms with Crippen LogP contribution >= 0.6 is 11.6 Å². The monoisotopic (exact) mass is 399 g/mol. The van der Waals surface area contributed by atoms with Gasteiger partial charge in [0.2, 0.25) is 5.95 Å². The van der Waals surface area contributed by atoms with Gasteiger partial charge in [0.1, 0.15) is 5.02 Å². The molecular weight excluding hydrogens is 378 g/mol. The van der Waals surface area contributed by atoms with Crippen molar-refractivity contribution < 1.29 is 4.79 Å². The van der Waals surface area contributed by atoms with Gasteiger partial charge in [0.25, 0.3) is 5.91 Å². The van der Waals surface area contributed by atoms with Gasteiger partial charge >= 0.3 is 0 Å². The fourth-order valence-corrected chi connectivity index (χ4v) is 4.51. The number of amides is 1. The lowest BCUT2D eigenvalue weighted by Crippen LogP contribution is -2.35. The predicted molar refractivity (Wildman–Crippen MR) is 107 cm³/mol. The number of anilines is 3. The molecule has 0 unspecified atom stereocenters. The van der Waals surface area contributed by atoms with Gasteiger partial charge in [-0.1, -0.05) is 25.4 Å². The van der Waals surface area contributed by atoms with Gasteiger partial charge in [0, 0.05) is 50.3 Å². The number of fused-ring (bicyclic) bond motifs is 1. The molecule has 0 aromatic carbocycles. The Kier molecular flexibility index (Phi) is 4.23. The Bertz CT molecular complexity index is 963. The molecule has 0 aliphatic carbocycles. The van der Waals surface area contributed by atoms with E-state index in [1.54, 1.807) is 22.0 Å². The second-order valence-electron chi connectivity index (χ2n) is 8.18. The normalized spacial score (nSPS) is 26.2. The van der Waals surface area contributed by atoms with E-state index in [0.717, 1.165) is 18.8 Å². The number of carbonyl (C=O) groups excluding carboxylic acids is 1. The third kappa shape index (κ3) is 2.96. The van der Waals surface area contributed by atoms with Crippen LogP contribution in [0, 0.1) is 23.2 Å². The molecule has 4 rings (SSSR count). The lowest BCUT2D eigenvalue weighted by atomic mass is 9.71. The van der Waals surface area contributed by atoms with Crippen molar-refractivity contribution in [3.63, 3.8) is 0 Å². The maximum Gasteiger partial charge on any atom is 0.298 e. The highest BCUT2D eigenvalue weighted by molar-refractivity contribution is 6.32. The molecule has 2 aromatic rings. The van der Waals surface area contributed by atoms with Gasteiger partial charge in [-0.15, -0.1) is 6.42 Å². The van der Waals surface area contributed by atoms with Crippen LogP contribution in [0.5, 0.6) is 0 Å².